The first-order valence-electron chi connectivity index (χ1n) is 13.1. The van der Waals surface area contributed by atoms with Gasteiger partial charge in [0, 0.05) is 30.1 Å². The van der Waals surface area contributed by atoms with E-state index in [1.54, 1.807) is 19.2 Å². The lowest BCUT2D eigenvalue weighted by Crippen LogP contribution is -2.44. The Bertz CT molecular complexity index is 1020. The summed E-state index contributed by atoms with van der Waals surface area (Å²) in [7, 11) is -1.44. The van der Waals surface area contributed by atoms with Crippen LogP contribution in [0.3, 0.4) is 0 Å². The summed E-state index contributed by atoms with van der Waals surface area (Å²) in [6, 6.07) is 12.6. The van der Waals surface area contributed by atoms with E-state index >= 15 is 0 Å². The molecule has 1 unspecified atom stereocenters. The number of pyridine rings is 1. The van der Waals surface area contributed by atoms with E-state index in [0.29, 0.717) is 17.0 Å². The lowest BCUT2D eigenvalue weighted by Gasteiger charge is -2.37. The van der Waals surface area contributed by atoms with Crippen LogP contribution in [0.4, 0.5) is 0 Å². The number of fused-ring (bicyclic) bond motifs is 1. The molecule has 1 aliphatic rings. The van der Waals surface area contributed by atoms with Crippen molar-refractivity contribution in [2.24, 2.45) is 0 Å². The number of nitrogens with zero attached hydrogens (tertiary/aromatic N) is 2. The molecule has 194 valence electrons. The molecule has 1 atom stereocenters. The Hall–Kier alpha value is -1.96. The van der Waals surface area contributed by atoms with Crippen LogP contribution in [0.2, 0.25) is 0 Å². The van der Waals surface area contributed by atoms with Crippen molar-refractivity contribution in [2.45, 2.75) is 82.2 Å². The molecule has 1 heterocycles. The van der Waals surface area contributed by atoms with E-state index in [1.807, 2.05) is 18.2 Å². The van der Waals surface area contributed by atoms with Gasteiger partial charge in [-0.3, -0.25) is 4.90 Å². The Morgan fingerprint density at radius 3 is 2.49 bits per heavy atom. The van der Waals surface area contributed by atoms with Gasteiger partial charge in [0.25, 0.3) is 0 Å². The molecular weight excluding hydrogens is 458 g/mol. The molecule has 0 saturated carbocycles. The number of hydrogen-bond donors (Lipinski definition) is 1. The van der Waals surface area contributed by atoms with Crippen molar-refractivity contribution in [2.75, 3.05) is 33.0 Å². The second-order valence-corrected chi connectivity index (χ2v) is 12.0. The van der Waals surface area contributed by atoms with E-state index in [4.69, 9.17) is 4.74 Å². The van der Waals surface area contributed by atoms with Crippen molar-refractivity contribution >= 4 is 9.84 Å². The number of aryl methyl sites for hydroxylation is 1. The molecule has 1 aliphatic carbocycles. The van der Waals surface area contributed by atoms with E-state index < -0.39 is 9.84 Å². The van der Waals surface area contributed by atoms with Gasteiger partial charge in [0.15, 0.2) is 9.84 Å². The zero-order valence-electron chi connectivity index (χ0n) is 21.9. The Balaban J connectivity index is 1.29. The van der Waals surface area contributed by atoms with Crippen LogP contribution >= 0.6 is 0 Å². The SMILES string of the molecule is COc1ccc2c(n1)CCC(N(CCCCCCNCCc1ccc(S(C)(=O)=O)cc1)C(C)C)C2. The highest BCUT2D eigenvalue weighted by Gasteiger charge is 2.26. The maximum atomic E-state index is 11.5. The standard InChI is InChI=1S/C28H43N3O3S/c1-22(2)31(25-12-15-27-24(21-25)11-16-28(30-27)34-3)20-8-6-5-7-18-29-19-17-23-9-13-26(14-10-23)35(4,32)33/h9-11,13-14,16,22,25,29H,5-8,12,15,17-21H2,1-4H3. The second kappa shape index (κ2) is 13.4. The smallest absolute Gasteiger partial charge is 0.213 e. The summed E-state index contributed by atoms with van der Waals surface area (Å²) in [5, 5.41) is 3.52. The van der Waals surface area contributed by atoms with E-state index in [1.165, 1.54) is 55.2 Å². The minimum absolute atomic E-state index is 0.385. The fourth-order valence-electron chi connectivity index (χ4n) is 4.99. The first-order valence-corrected chi connectivity index (χ1v) is 15.0. The highest BCUT2D eigenvalue weighted by atomic mass is 32.2. The summed E-state index contributed by atoms with van der Waals surface area (Å²) in [5.41, 5.74) is 3.76. The van der Waals surface area contributed by atoms with Crippen molar-refractivity contribution in [1.29, 1.82) is 0 Å². The van der Waals surface area contributed by atoms with Crippen LogP contribution in [-0.4, -0.2) is 63.4 Å². The van der Waals surface area contributed by atoms with Gasteiger partial charge < -0.3 is 10.1 Å². The molecule has 0 radical (unpaired) electrons. The predicted octanol–water partition coefficient (Wildman–Crippen LogP) is 4.45. The van der Waals surface area contributed by atoms with Gasteiger partial charge in [-0.05, 0) is 95.3 Å². The van der Waals surface area contributed by atoms with Gasteiger partial charge in [0.05, 0.1) is 12.0 Å². The molecule has 1 N–H and O–H groups in total. The summed E-state index contributed by atoms with van der Waals surface area (Å²) in [6.45, 7) is 7.76. The molecule has 0 bridgehead atoms. The van der Waals surface area contributed by atoms with Gasteiger partial charge in [-0.2, -0.15) is 0 Å². The molecule has 0 spiro atoms. The quantitative estimate of drug-likeness (QED) is 0.386. The minimum atomic E-state index is -3.12. The number of nitrogens with one attached hydrogen (secondary N) is 1. The Labute approximate surface area is 212 Å². The topological polar surface area (TPSA) is 71.5 Å². The fraction of sp³-hybridized carbons (Fsp3) is 0.607. The molecule has 0 fully saturated rings. The number of ether oxygens (including phenoxy) is 1. The van der Waals surface area contributed by atoms with Crippen molar-refractivity contribution in [1.82, 2.24) is 15.2 Å². The molecule has 6 nitrogen and oxygen atoms in total. The summed E-state index contributed by atoms with van der Waals surface area (Å²) in [5.74, 6) is 0.723. The van der Waals surface area contributed by atoms with Gasteiger partial charge in [-0.1, -0.05) is 31.0 Å². The highest BCUT2D eigenvalue weighted by Crippen LogP contribution is 2.26. The largest absolute Gasteiger partial charge is 0.481 e. The third kappa shape index (κ3) is 8.58. The van der Waals surface area contributed by atoms with Crippen molar-refractivity contribution in [3.05, 3.63) is 53.2 Å². The maximum absolute atomic E-state index is 11.5. The Morgan fingerprint density at radius 1 is 1.06 bits per heavy atom. The lowest BCUT2D eigenvalue weighted by atomic mass is 9.90. The molecule has 35 heavy (non-hydrogen) atoms. The van der Waals surface area contributed by atoms with E-state index in [-0.39, 0.29) is 0 Å². The van der Waals surface area contributed by atoms with E-state index in [0.717, 1.165) is 44.8 Å². The van der Waals surface area contributed by atoms with E-state index in [2.05, 4.69) is 35.1 Å². The second-order valence-electron chi connectivity index (χ2n) is 10.0. The van der Waals surface area contributed by atoms with Crippen LogP contribution in [0.5, 0.6) is 5.88 Å². The highest BCUT2D eigenvalue weighted by molar-refractivity contribution is 7.90. The average molecular weight is 502 g/mol. The molecule has 7 heteroatoms. The number of hydrogen-bond acceptors (Lipinski definition) is 6. The van der Waals surface area contributed by atoms with Crippen LogP contribution in [0.15, 0.2) is 41.3 Å². The van der Waals surface area contributed by atoms with Gasteiger partial charge in [0.2, 0.25) is 5.88 Å². The van der Waals surface area contributed by atoms with Gasteiger partial charge in [-0.15, -0.1) is 0 Å². The minimum Gasteiger partial charge on any atom is -0.481 e. The van der Waals surface area contributed by atoms with Crippen LogP contribution in [0, 0.1) is 0 Å². The average Bonchev–Trinajstić information content (AvgIpc) is 2.84. The number of rotatable bonds is 14. The number of aromatic nitrogens is 1. The predicted molar refractivity (Wildman–Crippen MR) is 143 cm³/mol. The van der Waals surface area contributed by atoms with Crippen LogP contribution in [-0.2, 0) is 29.1 Å². The van der Waals surface area contributed by atoms with Crippen LogP contribution in [0.25, 0.3) is 0 Å². The van der Waals surface area contributed by atoms with E-state index in [9.17, 15) is 8.42 Å². The Morgan fingerprint density at radius 2 is 1.80 bits per heavy atom. The molecule has 0 saturated heterocycles. The Kier molecular flexibility index (Phi) is 10.6. The van der Waals surface area contributed by atoms with Crippen molar-refractivity contribution in [3.8, 4) is 5.88 Å². The number of sulfone groups is 1. The monoisotopic (exact) mass is 501 g/mol. The van der Waals surface area contributed by atoms with Crippen molar-refractivity contribution in [3.63, 3.8) is 0 Å². The fourth-order valence-corrected chi connectivity index (χ4v) is 5.62. The zero-order valence-corrected chi connectivity index (χ0v) is 22.7. The first kappa shape index (κ1) is 27.6. The number of benzene rings is 1. The zero-order chi connectivity index (χ0) is 25.3. The van der Waals surface area contributed by atoms with Gasteiger partial charge >= 0.3 is 0 Å². The molecule has 2 aromatic rings. The normalized spacial score (nSPS) is 16.0. The summed E-state index contributed by atoms with van der Waals surface area (Å²) in [6.07, 6.45) is 10.4. The summed E-state index contributed by atoms with van der Waals surface area (Å²) < 4.78 is 28.4. The van der Waals surface area contributed by atoms with Crippen molar-refractivity contribution < 1.29 is 13.2 Å². The molecule has 1 aromatic heterocycles. The third-order valence-corrected chi connectivity index (χ3v) is 8.14. The lowest BCUT2D eigenvalue weighted by molar-refractivity contribution is 0.136. The molecular formula is C28H43N3O3S. The molecule has 0 aliphatic heterocycles. The molecule has 1 aromatic carbocycles. The third-order valence-electron chi connectivity index (χ3n) is 7.02. The summed E-state index contributed by atoms with van der Waals surface area (Å²) >= 11 is 0. The number of unbranched alkanes of at least 4 members (excludes halogenated alkanes) is 3. The van der Waals surface area contributed by atoms with Gasteiger partial charge in [0.1, 0.15) is 0 Å². The first-order chi connectivity index (χ1) is 16.8. The molecule has 3 rings (SSSR count). The number of methoxy groups -OCH3 is 1. The molecule has 0 amide bonds. The maximum Gasteiger partial charge on any atom is 0.213 e. The van der Waals surface area contributed by atoms with Crippen LogP contribution < -0.4 is 10.1 Å². The van der Waals surface area contributed by atoms with Gasteiger partial charge in [-0.25, -0.2) is 13.4 Å². The summed E-state index contributed by atoms with van der Waals surface area (Å²) in [4.78, 5) is 7.73. The van der Waals surface area contributed by atoms with Crippen LogP contribution in [0.1, 0.15) is 62.8 Å².